The second-order valence-electron chi connectivity index (χ2n) is 4.55. The summed E-state index contributed by atoms with van der Waals surface area (Å²) in [5.41, 5.74) is 0.854. The van der Waals surface area contributed by atoms with Gasteiger partial charge in [-0.1, -0.05) is 30.3 Å². The average molecular weight is 293 g/mol. The van der Waals surface area contributed by atoms with E-state index in [-0.39, 0.29) is 13.0 Å². The van der Waals surface area contributed by atoms with Crippen molar-refractivity contribution in [2.24, 2.45) is 0 Å². The first kappa shape index (κ1) is 16.7. The van der Waals surface area contributed by atoms with Gasteiger partial charge in [0.1, 0.15) is 13.0 Å². The number of benzene rings is 1. The monoisotopic (exact) mass is 293 g/mol. The number of ketones is 1. The van der Waals surface area contributed by atoms with Gasteiger partial charge >= 0.3 is 12.1 Å². The van der Waals surface area contributed by atoms with Crippen LogP contribution in [0.5, 0.6) is 0 Å². The topological polar surface area (TPSA) is 72.9 Å². The number of hydrogen-bond acceptors (Lipinski definition) is 5. The predicted octanol–water partition coefficient (Wildman–Crippen LogP) is 1.78. The number of carbonyl (C=O) groups is 3. The maximum atomic E-state index is 11.9. The van der Waals surface area contributed by atoms with Crippen molar-refractivity contribution < 1.29 is 23.9 Å². The predicted molar refractivity (Wildman–Crippen MR) is 75.5 cm³/mol. The Morgan fingerprint density at radius 1 is 1.19 bits per heavy atom. The first-order valence-corrected chi connectivity index (χ1v) is 6.48. The molecule has 0 radical (unpaired) electrons. The van der Waals surface area contributed by atoms with Gasteiger partial charge in [-0.2, -0.15) is 0 Å². The van der Waals surface area contributed by atoms with Gasteiger partial charge in [0.15, 0.2) is 5.78 Å². The van der Waals surface area contributed by atoms with Crippen molar-refractivity contribution in [1.29, 1.82) is 0 Å². The molecule has 6 nitrogen and oxygen atoms in total. The molecule has 0 fully saturated rings. The van der Waals surface area contributed by atoms with Crippen molar-refractivity contribution >= 4 is 17.8 Å². The molecular weight excluding hydrogens is 274 g/mol. The van der Waals surface area contributed by atoms with Gasteiger partial charge in [-0.05, 0) is 12.5 Å². The number of rotatable bonds is 6. The van der Waals surface area contributed by atoms with Crippen molar-refractivity contribution in [2.75, 3.05) is 14.2 Å². The summed E-state index contributed by atoms with van der Waals surface area (Å²) in [5, 5.41) is 0. The van der Waals surface area contributed by atoms with Crippen LogP contribution in [-0.2, 0) is 25.7 Å². The van der Waals surface area contributed by atoms with E-state index in [1.165, 1.54) is 21.1 Å². The number of ether oxygens (including phenoxy) is 2. The number of Topliss-reactive ketones (excluding diaryl/α,β-unsaturated/α-hetero) is 1. The highest BCUT2D eigenvalue weighted by Crippen LogP contribution is 2.07. The second kappa shape index (κ2) is 8.04. The fourth-order valence-corrected chi connectivity index (χ4v) is 1.56. The largest absolute Gasteiger partial charge is 0.469 e. The lowest BCUT2D eigenvalue weighted by atomic mass is 10.1. The molecule has 1 atom stereocenters. The molecule has 21 heavy (non-hydrogen) atoms. The summed E-state index contributed by atoms with van der Waals surface area (Å²) in [6.45, 7) is 1.66. The van der Waals surface area contributed by atoms with Crippen LogP contribution in [0.4, 0.5) is 4.79 Å². The van der Waals surface area contributed by atoms with E-state index in [0.717, 1.165) is 10.5 Å². The van der Waals surface area contributed by atoms with E-state index in [2.05, 4.69) is 4.74 Å². The molecule has 0 heterocycles. The average Bonchev–Trinajstić information content (AvgIpc) is 2.51. The van der Waals surface area contributed by atoms with E-state index in [4.69, 9.17) is 4.74 Å². The Morgan fingerprint density at radius 3 is 2.38 bits per heavy atom. The van der Waals surface area contributed by atoms with Crippen LogP contribution in [0.25, 0.3) is 0 Å². The van der Waals surface area contributed by atoms with Crippen molar-refractivity contribution in [3.63, 3.8) is 0 Å². The summed E-state index contributed by atoms with van der Waals surface area (Å²) < 4.78 is 9.53. The van der Waals surface area contributed by atoms with Crippen molar-refractivity contribution in [2.45, 2.75) is 26.0 Å². The zero-order valence-electron chi connectivity index (χ0n) is 12.4. The molecule has 0 saturated heterocycles. The van der Waals surface area contributed by atoms with E-state index in [0.29, 0.717) is 0 Å². The molecule has 0 N–H and O–H groups in total. The van der Waals surface area contributed by atoms with Crippen molar-refractivity contribution in [3.05, 3.63) is 35.9 Å². The fraction of sp³-hybridized carbons (Fsp3) is 0.400. The molecule has 6 heteroatoms. The normalized spacial score (nSPS) is 11.4. The van der Waals surface area contributed by atoms with Crippen LogP contribution in [0.15, 0.2) is 30.3 Å². The molecule has 0 unspecified atom stereocenters. The van der Waals surface area contributed by atoms with E-state index in [1.807, 2.05) is 30.3 Å². The van der Waals surface area contributed by atoms with Gasteiger partial charge in [0.2, 0.25) is 0 Å². The summed E-state index contributed by atoms with van der Waals surface area (Å²) >= 11 is 0. The molecule has 0 saturated carbocycles. The van der Waals surface area contributed by atoms with Crippen LogP contribution < -0.4 is 0 Å². The summed E-state index contributed by atoms with van der Waals surface area (Å²) in [6, 6.07) is 8.46. The van der Waals surface area contributed by atoms with E-state index in [1.54, 1.807) is 0 Å². The highest BCUT2D eigenvalue weighted by atomic mass is 16.6. The number of methoxy groups -OCH3 is 1. The summed E-state index contributed by atoms with van der Waals surface area (Å²) in [6.07, 6.45) is -0.988. The van der Waals surface area contributed by atoms with Gasteiger partial charge in [-0.3, -0.25) is 9.59 Å². The van der Waals surface area contributed by atoms with E-state index >= 15 is 0 Å². The Kier molecular flexibility index (Phi) is 6.39. The van der Waals surface area contributed by atoms with Gasteiger partial charge in [0, 0.05) is 7.05 Å². The molecule has 0 bridgehead atoms. The van der Waals surface area contributed by atoms with Crippen LogP contribution in [0.2, 0.25) is 0 Å². The van der Waals surface area contributed by atoms with E-state index in [9.17, 15) is 14.4 Å². The first-order chi connectivity index (χ1) is 9.95. The molecule has 0 aliphatic carbocycles. The number of hydrogen-bond donors (Lipinski definition) is 0. The van der Waals surface area contributed by atoms with E-state index < -0.39 is 23.9 Å². The third-order valence-electron chi connectivity index (χ3n) is 3.09. The number of nitrogens with zero attached hydrogens (tertiary/aromatic N) is 1. The highest BCUT2D eigenvalue weighted by Gasteiger charge is 2.25. The van der Waals surface area contributed by atoms with Gasteiger partial charge < -0.3 is 14.4 Å². The van der Waals surface area contributed by atoms with Crippen molar-refractivity contribution in [3.8, 4) is 0 Å². The van der Waals surface area contributed by atoms with Gasteiger partial charge in [-0.25, -0.2) is 4.79 Å². The number of esters is 1. The maximum Gasteiger partial charge on any atom is 0.410 e. The molecule has 0 spiro atoms. The summed E-state index contributed by atoms with van der Waals surface area (Å²) in [7, 11) is 2.66. The molecule has 1 aromatic carbocycles. The Morgan fingerprint density at radius 2 is 1.81 bits per heavy atom. The zero-order valence-corrected chi connectivity index (χ0v) is 12.4. The number of likely N-dealkylation sites (N-methyl/N-ethyl adjacent to an activating group) is 1. The molecule has 114 valence electrons. The molecule has 1 amide bonds. The first-order valence-electron chi connectivity index (χ1n) is 6.48. The van der Waals surface area contributed by atoms with Crippen LogP contribution in [0.1, 0.15) is 18.9 Å². The Balaban J connectivity index is 2.49. The minimum absolute atomic E-state index is 0.127. The molecule has 0 aliphatic heterocycles. The van der Waals surface area contributed by atoms with Crippen LogP contribution in [0, 0.1) is 0 Å². The standard InChI is InChI=1S/C15H19NO5/c1-11(13(17)9-14(18)20-3)16(2)15(19)21-10-12-7-5-4-6-8-12/h4-8,11H,9-10H2,1-3H3/t11-/m0/s1. The minimum atomic E-state index is -0.757. The van der Waals surface area contributed by atoms with Crippen LogP contribution >= 0.6 is 0 Å². The third kappa shape index (κ3) is 5.25. The molecule has 0 aliphatic rings. The molecule has 1 aromatic rings. The van der Waals surface area contributed by atoms with Gasteiger partial charge in [0.25, 0.3) is 0 Å². The van der Waals surface area contributed by atoms with Crippen LogP contribution in [0.3, 0.4) is 0 Å². The lowest BCUT2D eigenvalue weighted by Crippen LogP contribution is -2.41. The zero-order chi connectivity index (χ0) is 15.8. The number of amides is 1. The minimum Gasteiger partial charge on any atom is -0.469 e. The lowest BCUT2D eigenvalue weighted by Gasteiger charge is -2.22. The SMILES string of the molecule is COC(=O)CC(=O)[C@H](C)N(C)C(=O)OCc1ccccc1. The summed E-state index contributed by atoms with van der Waals surface area (Å²) in [4.78, 5) is 35.8. The molecule has 0 aromatic heterocycles. The quantitative estimate of drug-likeness (QED) is 0.590. The van der Waals surface area contributed by atoms with Gasteiger partial charge in [-0.15, -0.1) is 0 Å². The second-order valence-corrected chi connectivity index (χ2v) is 4.55. The fourth-order valence-electron chi connectivity index (χ4n) is 1.56. The Hall–Kier alpha value is -2.37. The van der Waals surface area contributed by atoms with Crippen LogP contribution in [-0.4, -0.2) is 42.9 Å². The summed E-state index contributed by atoms with van der Waals surface area (Å²) in [5.74, 6) is -1.03. The molecule has 1 rings (SSSR count). The Labute approximate surface area is 123 Å². The smallest absolute Gasteiger partial charge is 0.410 e. The maximum absolute atomic E-state index is 11.9. The third-order valence-corrected chi connectivity index (χ3v) is 3.09. The highest BCUT2D eigenvalue weighted by molar-refractivity contribution is 5.99. The molecular formula is C15H19NO5. The number of carbonyl (C=O) groups excluding carboxylic acids is 3. The van der Waals surface area contributed by atoms with Gasteiger partial charge in [0.05, 0.1) is 13.2 Å². The lowest BCUT2D eigenvalue weighted by molar-refractivity contribution is -0.144. The Bertz CT molecular complexity index is 500. The van der Waals surface area contributed by atoms with Crippen molar-refractivity contribution in [1.82, 2.24) is 4.90 Å².